The molecule has 1 fully saturated rings. The Morgan fingerprint density at radius 1 is 1.33 bits per heavy atom. The van der Waals surface area contributed by atoms with Gasteiger partial charge in [-0.25, -0.2) is 8.78 Å². The molecular formula is C13H18F2N2S. The minimum Gasteiger partial charge on any atom is -0.365 e. The Morgan fingerprint density at radius 3 is 2.44 bits per heavy atom. The number of nitrogens with two attached hydrogens (primary N) is 1. The lowest BCUT2D eigenvalue weighted by molar-refractivity contribution is 0.554. The SMILES string of the molecule is CC1(C)CN(c2c(F)cc(CN)cc2F)CCS1. The van der Waals surface area contributed by atoms with Crippen molar-refractivity contribution in [1.29, 1.82) is 0 Å². The van der Waals surface area contributed by atoms with Crippen LogP contribution in [0.2, 0.25) is 0 Å². The Kier molecular flexibility index (Phi) is 3.82. The highest BCUT2D eigenvalue weighted by atomic mass is 32.2. The van der Waals surface area contributed by atoms with Gasteiger partial charge in [-0.15, -0.1) is 0 Å². The number of anilines is 1. The van der Waals surface area contributed by atoms with Gasteiger partial charge in [-0.1, -0.05) is 0 Å². The zero-order valence-corrected chi connectivity index (χ0v) is 11.5. The molecule has 0 aromatic heterocycles. The van der Waals surface area contributed by atoms with Crippen molar-refractivity contribution >= 4 is 17.4 Å². The maximum Gasteiger partial charge on any atom is 0.149 e. The van der Waals surface area contributed by atoms with E-state index < -0.39 is 11.6 Å². The third-order valence-corrected chi connectivity index (χ3v) is 4.35. The summed E-state index contributed by atoms with van der Waals surface area (Å²) < 4.78 is 28.0. The van der Waals surface area contributed by atoms with Crippen molar-refractivity contribution < 1.29 is 8.78 Å². The number of benzene rings is 1. The first-order valence-corrected chi connectivity index (χ1v) is 6.98. The van der Waals surface area contributed by atoms with Crippen LogP contribution in [0.4, 0.5) is 14.5 Å². The van der Waals surface area contributed by atoms with Gasteiger partial charge in [-0.05, 0) is 31.5 Å². The van der Waals surface area contributed by atoms with E-state index in [1.54, 1.807) is 4.90 Å². The highest BCUT2D eigenvalue weighted by Gasteiger charge is 2.30. The van der Waals surface area contributed by atoms with Crippen LogP contribution in [-0.2, 0) is 6.54 Å². The average Bonchev–Trinajstić information content (AvgIpc) is 2.26. The fraction of sp³-hybridized carbons (Fsp3) is 0.538. The molecule has 100 valence electrons. The van der Waals surface area contributed by atoms with Crippen LogP contribution in [0.15, 0.2) is 12.1 Å². The first-order chi connectivity index (χ1) is 8.43. The lowest BCUT2D eigenvalue weighted by Crippen LogP contribution is -2.44. The first-order valence-electron chi connectivity index (χ1n) is 6.00. The number of halogens is 2. The van der Waals surface area contributed by atoms with E-state index in [0.717, 1.165) is 5.75 Å². The lowest BCUT2D eigenvalue weighted by atomic mass is 10.1. The monoisotopic (exact) mass is 272 g/mol. The smallest absolute Gasteiger partial charge is 0.149 e. The molecule has 0 spiro atoms. The second-order valence-corrected chi connectivity index (χ2v) is 6.94. The molecule has 0 amide bonds. The molecule has 1 aliphatic heterocycles. The van der Waals surface area contributed by atoms with E-state index in [-0.39, 0.29) is 17.0 Å². The molecule has 1 saturated heterocycles. The molecule has 1 aliphatic rings. The molecule has 2 rings (SSSR count). The molecular weight excluding hydrogens is 254 g/mol. The fourth-order valence-corrected chi connectivity index (χ4v) is 3.36. The van der Waals surface area contributed by atoms with Crippen molar-refractivity contribution in [3.05, 3.63) is 29.3 Å². The minimum atomic E-state index is -0.516. The molecule has 0 bridgehead atoms. The van der Waals surface area contributed by atoms with Gasteiger partial charge in [0.05, 0.1) is 0 Å². The molecule has 1 aromatic carbocycles. The fourth-order valence-electron chi connectivity index (χ4n) is 2.25. The summed E-state index contributed by atoms with van der Waals surface area (Å²) in [4.78, 5) is 1.79. The summed E-state index contributed by atoms with van der Waals surface area (Å²) in [7, 11) is 0. The highest BCUT2D eigenvalue weighted by molar-refractivity contribution is 8.00. The number of thioether (sulfide) groups is 1. The zero-order valence-electron chi connectivity index (χ0n) is 10.7. The topological polar surface area (TPSA) is 29.3 Å². The van der Waals surface area contributed by atoms with Gasteiger partial charge in [-0.2, -0.15) is 11.8 Å². The van der Waals surface area contributed by atoms with Gasteiger partial charge in [0.15, 0.2) is 0 Å². The van der Waals surface area contributed by atoms with Gasteiger partial charge in [-0.3, -0.25) is 0 Å². The van der Waals surface area contributed by atoms with Crippen molar-refractivity contribution in [3.8, 4) is 0 Å². The quantitative estimate of drug-likeness (QED) is 0.897. The summed E-state index contributed by atoms with van der Waals surface area (Å²) in [5.41, 5.74) is 5.98. The van der Waals surface area contributed by atoms with Gasteiger partial charge in [0.2, 0.25) is 0 Å². The second-order valence-electron chi connectivity index (χ2n) is 5.14. The Balaban J connectivity index is 2.33. The molecule has 2 nitrogen and oxygen atoms in total. The maximum atomic E-state index is 14.0. The van der Waals surface area contributed by atoms with Crippen LogP contribution in [0.5, 0.6) is 0 Å². The molecule has 5 heteroatoms. The molecule has 1 heterocycles. The van der Waals surface area contributed by atoms with Crippen LogP contribution in [-0.4, -0.2) is 23.6 Å². The van der Waals surface area contributed by atoms with Crippen molar-refractivity contribution in [2.45, 2.75) is 25.1 Å². The summed E-state index contributed by atoms with van der Waals surface area (Å²) in [5.74, 6) is -0.152. The molecule has 0 unspecified atom stereocenters. The molecule has 2 N–H and O–H groups in total. The van der Waals surface area contributed by atoms with E-state index in [9.17, 15) is 8.78 Å². The van der Waals surface area contributed by atoms with E-state index in [0.29, 0.717) is 18.7 Å². The van der Waals surface area contributed by atoms with E-state index in [1.807, 2.05) is 11.8 Å². The van der Waals surface area contributed by atoms with Crippen LogP contribution in [0, 0.1) is 11.6 Å². The van der Waals surface area contributed by atoms with E-state index >= 15 is 0 Å². The Bertz CT molecular complexity index is 426. The summed E-state index contributed by atoms with van der Waals surface area (Å²) >= 11 is 1.83. The minimum absolute atomic E-state index is 0.0175. The molecule has 0 atom stereocenters. The number of hydrogen-bond donors (Lipinski definition) is 1. The molecule has 0 saturated carbocycles. The third kappa shape index (κ3) is 2.78. The van der Waals surface area contributed by atoms with E-state index in [4.69, 9.17) is 5.73 Å². The van der Waals surface area contributed by atoms with Gasteiger partial charge >= 0.3 is 0 Å². The standard InChI is InChI=1S/C13H18F2N2S/c1-13(2)8-17(3-4-18-13)12-10(14)5-9(7-16)6-11(12)15/h5-6H,3-4,7-8,16H2,1-2H3. The van der Waals surface area contributed by atoms with Crippen LogP contribution >= 0.6 is 11.8 Å². The predicted octanol–water partition coefficient (Wildman–Crippen LogP) is 2.76. The van der Waals surface area contributed by atoms with E-state index in [2.05, 4.69) is 13.8 Å². The molecule has 0 aliphatic carbocycles. The number of hydrogen-bond acceptors (Lipinski definition) is 3. The van der Waals surface area contributed by atoms with Crippen LogP contribution in [0.3, 0.4) is 0 Å². The molecule has 0 radical (unpaired) electrons. The predicted molar refractivity (Wildman–Crippen MR) is 73.0 cm³/mol. The van der Waals surface area contributed by atoms with Crippen LogP contribution < -0.4 is 10.6 Å². The second kappa shape index (κ2) is 5.05. The summed E-state index contributed by atoms with van der Waals surface area (Å²) in [6.07, 6.45) is 0. The van der Waals surface area contributed by atoms with Crippen LogP contribution in [0.1, 0.15) is 19.4 Å². The van der Waals surface area contributed by atoms with Crippen molar-refractivity contribution in [2.75, 3.05) is 23.7 Å². The average molecular weight is 272 g/mol. The Labute approximate surface area is 111 Å². The van der Waals surface area contributed by atoms with Crippen LogP contribution in [0.25, 0.3) is 0 Å². The molecule has 18 heavy (non-hydrogen) atoms. The van der Waals surface area contributed by atoms with Gasteiger partial charge in [0.1, 0.15) is 17.3 Å². The summed E-state index contributed by atoms with van der Waals surface area (Å²) in [6.45, 7) is 5.65. The summed E-state index contributed by atoms with van der Waals surface area (Å²) in [6, 6.07) is 2.65. The largest absolute Gasteiger partial charge is 0.365 e. The normalized spacial score (nSPS) is 19.1. The summed E-state index contributed by atoms with van der Waals surface area (Å²) in [5, 5.41) is 0. The van der Waals surface area contributed by atoms with Gasteiger partial charge in [0.25, 0.3) is 0 Å². The van der Waals surface area contributed by atoms with Crippen molar-refractivity contribution in [3.63, 3.8) is 0 Å². The molecule has 1 aromatic rings. The number of nitrogens with zero attached hydrogens (tertiary/aromatic N) is 1. The van der Waals surface area contributed by atoms with Crippen molar-refractivity contribution in [2.24, 2.45) is 5.73 Å². The highest BCUT2D eigenvalue weighted by Crippen LogP contribution is 2.34. The lowest BCUT2D eigenvalue weighted by Gasteiger charge is -2.39. The van der Waals surface area contributed by atoms with E-state index in [1.165, 1.54) is 12.1 Å². The van der Waals surface area contributed by atoms with Gasteiger partial charge < -0.3 is 10.6 Å². The zero-order chi connectivity index (χ0) is 13.3. The number of rotatable bonds is 2. The third-order valence-electron chi connectivity index (χ3n) is 3.05. The van der Waals surface area contributed by atoms with Crippen molar-refractivity contribution in [1.82, 2.24) is 0 Å². The Hall–Kier alpha value is -0.810. The maximum absolute atomic E-state index is 14.0. The van der Waals surface area contributed by atoms with Gasteiger partial charge in [0, 0.05) is 30.1 Å². The first kappa shape index (κ1) is 13.6. The Morgan fingerprint density at radius 2 is 1.94 bits per heavy atom.